The SMILES string of the molecule is CCNC(=NCc1c(Cl)cccc1N1CCN(C)CC1)N(C)Cc1csc(C)n1. The summed E-state index contributed by atoms with van der Waals surface area (Å²) in [6, 6.07) is 6.16. The van der Waals surface area contributed by atoms with Crippen molar-refractivity contribution in [1.29, 1.82) is 0 Å². The molecule has 158 valence electrons. The van der Waals surface area contributed by atoms with Gasteiger partial charge in [-0.25, -0.2) is 9.98 Å². The summed E-state index contributed by atoms with van der Waals surface area (Å²) < 4.78 is 0. The van der Waals surface area contributed by atoms with Crippen LogP contribution in [0, 0.1) is 6.92 Å². The van der Waals surface area contributed by atoms with Crippen LogP contribution in [0.25, 0.3) is 0 Å². The van der Waals surface area contributed by atoms with Gasteiger partial charge in [0.05, 0.1) is 23.8 Å². The normalized spacial score (nSPS) is 15.6. The lowest BCUT2D eigenvalue weighted by atomic mass is 10.1. The fourth-order valence-electron chi connectivity index (χ4n) is 3.47. The van der Waals surface area contributed by atoms with E-state index in [1.165, 1.54) is 5.69 Å². The van der Waals surface area contributed by atoms with E-state index < -0.39 is 0 Å². The maximum Gasteiger partial charge on any atom is 0.194 e. The van der Waals surface area contributed by atoms with Gasteiger partial charge in [0.2, 0.25) is 0 Å². The van der Waals surface area contributed by atoms with Gasteiger partial charge in [0, 0.05) is 61.4 Å². The van der Waals surface area contributed by atoms with Gasteiger partial charge in [0.25, 0.3) is 0 Å². The summed E-state index contributed by atoms with van der Waals surface area (Å²) in [5, 5.41) is 7.36. The summed E-state index contributed by atoms with van der Waals surface area (Å²) in [7, 11) is 4.22. The van der Waals surface area contributed by atoms with Crippen LogP contribution in [0.4, 0.5) is 5.69 Å². The summed E-state index contributed by atoms with van der Waals surface area (Å²) in [5.74, 6) is 0.863. The number of aryl methyl sites for hydroxylation is 1. The zero-order valence-electron chi connectivity index (χ0n) is 17.8. The molecule has 0 atom stereocenters. The van der Waals surface area contributed by atoms with Gasteiger partial charge >= 0.3 is 0 Å². The second kappa shape index (κ2) is 10.3. The van der Waals surface area contributed by atoms with Crippen LogP contribution in [0.15, 0.2) is 28.6 Å². The van der Waals surface area contributed by atoms with Crippen LogP contribution < -0.4 is 10.2 Å². The topological polar surface area (TPSA) is 47.0 Å². The van der Waals surface area contributed by atoms with Gasteiger partial charge in [-0.15, -0.1) is 11.3 Å². The third-order valence-electron chi connectivity index (χ3n) is 5.09. The Hall–Kier alpha value is -1.83. The summed E-state index contributed by atoms with van der Waals surface area (Å²) in [4.78, 5) is 16.4. The van der Waals surface area contributed by atoms with Gasteiger partial charge < -0.3 is 20.0 Å². The number of likely N-dealkylation sites (N-methyl/N-ethyl adjacent to an activating group) is 1. The van der Waals surface area contributed by atoms with E-state index in [2.05, 4.69) is 50.4 Å². The molecular weight excluding hydrogens is 404 g/mol. The summed E-state index contributed by atoms with van der Waals surface area (Å²) in [6.07, 6.45) is 0. The molecule has 1 aromatic carbocycles. The summed E-state index contributed by atoms with van der Waals surface area (Å²) in [6.45, 7) is 10.3. The number of thiazole rings is 1. The molecule has 2 heterocycles. The number of aromatic nitrogens is 1. The lowest BCUT2D eigenvalue weighted by Crippen LogP contribution is -2.44. The highest BCUT2D eigenvalue weighted by Crippen LogP contribution is 2.29. The molecule has 8 heteroatoms. The number of nitrogens with zero attached hydrogens (tertiary/aromatic N) is 5. The highest BCUT2D eigenvalue weighted by molar-refractivity contribution is 7.09. The van der Waals surface area contributed by atoms with E-state index in [9.17, 15) is 0 Å². The Balaban J connectivity index is 1.78. The molecule has 0 unspecified atom stereocenters. The largest absolute Gasteiger partial charge is 0.369 e. The molecule has 29 heavy (non-hydrogen) atoms. The molecule has 0 amide bonds. The smallest absolute Gasteiger partial charge is 0.194 e. The standard InChI is InChI=1S/C21H31ClN6S/c1-5-23-21(27(4)14-17-15-29-16(2)25-17)24-13-18-19(22)7-6-8-20(18)28-11-9-26(3)10-12-28/h6-8,15H,5,9-14H2,1-4H3,(H,23,24). The first-order valence-electron chi connectivity index (χ1n) is 10.1. The number of hydrogen-bond acceptors (Lipinski definition) is 5. The second-order valence-electron chi connectivity index (χ2n) is 7.41. The second-order valence-corrected chi connectivity index (χ2v) is 8.88. The van der Waals surface area contributed by atoms with Crippen molar-refractivity contribution in [2.75, 3.05) is 51.7 Å². The number of anilines is 1. The molecule has 1 aromatic heterocycles. The summed E-state index contributed by atoms with van der Waals surface area (Å²) >= 11 is 8.28. The number of benzene rings is 1. The molecule has 1 N–H and O–H groups in total. The van der Waals surface area contributed by atoms with Gasteiger partial charge in [-0.1, -0.05) is 17.7 Å². The van der Waals surface area contributed by atoms with Crippen LogP contribution >= 0.6 is 22.9 Å². The number of halogens is 1. The number of piperazine rings is 1. The van der Waals surface area contributed by atoms with Crippen molar-refractivity contribution >= 4 is 34.6 Å². The van der Waals surface area contributed by atoms with Crippen molar-refractivity contribution < 1.29 is 0 Å². The molecule has 2 aromatic rings. The molecule has 1 aliphatic heterocycles. The Morgan fingerprint density at radius 1 is 1.31 bits per heavy atom. The minimum Gasteiger partial charge on any atom is -0.369 e. The van der Waals surface area contributed by atoms with E-state index in [4.69, 9.17) is 16.6 Å². The van der Waals surface area contributed by atoms with Gasteiger partial charge in [-0.2, -0.15) is 0 Å². The zero-order valence-corrected chi connectivity index (χ0v) is 19.4. The van der Waals surface area contributed by atoms with Crippen LogP contribution in [0.3, 0.4) is 0 Å². The van der Waals surface area contributed by atoms with Crippen LogP contribution in [-0.2, 0) is 13.1 Å². The highest BCUT2D eigenvalue weighted by Gasteiger charge is 2.18. The Morgan fingerprint density at radius 2 is 2.07 bits per heavy atom. The van der Waals surface area contributed by atoms with E-state index >= 15 is 0 Å². The van der Waals surface area contributed by atoms with Crippen LogP contribution in [0.1, 0.15) is 23.2 Å². The van der Waals surface area contributed by atoms with Crippen molar-refractivity contribution in [3.63, 3.8) is 0 Å². The minimum absolute atomic E-state index is 0.546. The van der Waals surface area contributed by atoms with Gasteiger partial charge in [-0.3, -0.25) is 0 Å². The van der Waals surface area contributed by atoms with Crippen molar-refractivity contribution in [3.05, 3.63) is 44.9 Å². The Bertz CT molecular complexity index is 828. The lowest BCUT2D eigenvalue weighted by Gasteiger charge is -2.35. The number of guanidine groups is 1. The predicted octanol–water partition coefficient (Wildman–Crippen LogP) is 3.45. The third kappa shape index (κ3) is 5.84. The molecule has 0 bridgehead atoms. The number of hydrogen-bond donors (Lipinski definition) is 1. The fraction of sp³-hybridized carbons (Fsp3) is 0.524. The maximum absolute atomic E-state index is 6.60. The number of aliphatic imine (C=N–C) groups is 1. The average Bonchev–Trinajstić information content (AvgIpc) is 3.11. The van der Waals surface area contributed by atoms with E-state index in [1.54, 1.807) is 11.3 Å². The third-order valence-corrected chi connectivity index (χ3v) is 6.26. The number of rotatable bonds is 6. The van der Waals surface area contributed by atoms with Crippen molar-refractivity contribution in [2.24, 2.45) is 4.99 Å². The lowest BCUT2D eigenvalue weighted by molar-refractivity contribution is 0.312. The first kappa shape index (κ1) is 21.9. The van der Waals surface area contributed by atoms with Gasteiger partial charge in [0.1, 0.15) is 0 Å². The molecule has 1 saturated heterocycles. The molecule has 1 fully saturated rings. The molecule has 0 spiro atoms. The highest BCUT2D eigenvalue weighted by atomic mass is 35.5. The van der Waals surface area contributed by atoms with Gasteiger partial charge in [0.15, 0.2) is 5.96 Å². The number of nitrogens with one attached hydrogen (secondary N) is 1. The Morgan fingerprint density at radius 3 is 2.72 bits per heavy atom. The monoisotopic (exact) mass is 434 g/mol. The fourth-order valence-corrected chi connectivity index (χ4v) is 4.30. The Labute approximate surface area is 183 Å². The van der Waals surface area contributed by atoms with Gasteiger partial charge in [-0.05, 0) is 33.0 Å². The molecular formula is C21H31ClN6S. The Kier molecular flexibility index (Phi) is 7.75. The first-order chi connectivity index (χ1) is 14.0. The van der Waals surface area contributed by atoms with E-state index in [-0.39, 0.29) is 0 Å². The van der Waals surface area contributed by atoms with E-state index in [0.29, 0.717) is 6.54 Å². The van der Waals surface area contributed by atoms with E-state index in [1.807, 2.05) is 26.1 Å². The maximum atomic E-state index is 6.60. The zero-order chi connectivity index (χ0) is 20.8. The first-order valence-corrected chi connectivity index (χ1v) is 11.3. The minimum atomic E-state index is 0.546. The molecule has 6 nitrogen and oxygen atoms in total. The molecule has 1 aliphatic rings. The van der Waals surface area contributed by atoms with Crippen LogP contribution in [-0.4, -0.2) is 67.6 Å². The molecule has 0 aliphatic carbocycles. The van der Waals surface area contributed by atoms with Crippen LogP contribution in [0.2, 0.25) is 5.02 Å². The van der Waals surface area contributed by atoms with Crippen molar-refractivity contribution in [3.8, 4) is 0 Å². The quantitative estimate of drug-likeness (QED) is 0.557. The summed E-state index contributed by atoms with van der Waals surface area (Å²) in [5.41, 5.74) is 3.35. The molecule has 0 radical (unpaired) electrons. The molecule has 0 saturated carbocycles. The van der Waals surface area contributed by atoms with Crippen molar-refractivity contribution in [2.45, 2.75) is 26.9 Å². The van der Waals surface area contributed by atoms with E-state index in [0.717, 1.165) is 66.5 Å². The average molecular weight is 435 g/mol. The van der Waals surface area contributed by atoms with Crippen LogP contribution in [0.5, 0.6) is 0 Å². The molecule has 3 rings (SSSR count). The van der Waals surface area contributed by atoms with Crippen molar-refractivity contribution in [1.82, 2.24) is 20.1 Å². The predicted molar refractivity (Wildman–Crippen MR) is 124 cm³/mol.